The summed E-state index contributed by atoms with van der Waals surface area (Å²) in [4.78, 5) is 35.9. The molecule has 2 atom stereocenters. The average Bonchev–Trinajstić information content (AvgIpc) is 2.69. The molecule has 0 bridgehead atoms. The number of esters is 1. The number of rotatable bonds is 3. The van der Waals surface area contributed by atoms with Crippen molar-refractivity contribution in [2.75, 3.05) is 13.2 Å². The van der Waals surface area contributed by atoms with Crippen molar-refractivity contribution in [2.24, 2.45) is 0 Å². The molecule has 2 amide bonds. The van der Waals surface area contributed by atoms with E-state index in [0.29, 0.717) is 0 Å². The van der Waals surface area contributed by atoms with Crippen LogP contribution in [0.1, 0.15) is 20.8 Å². The lowest BCUT2D eigenvalue weighted by atomic mass is 10.2. The van der Waals surface area contributed by atoms with Crippen molar-refractivity contribution in [1.82, 2.24) is 4.90 Å². The first-order chi connectivity index (χ1) is 8.35. The van der Waals surface area contributed by atoms with E-state index in [0.717, 1.165) is 4.90 Å². The maximum atomic E-state index is 11.9. The smallest absolute Gasteiger partial charge is 0.326 e. The largest absolute Gasteiger partial charge is 0.465 e. The van der Waals surface area contributed by atoms with E-state index in [1.54, 1.807) is 20.8 Å². The first-order valence-electron chi connectivity index (χ1n) is 5.72. The van der Waals surface area contributed by atoms with Crippen molar-refractivity contribution in [1.29, 1.82) is 0 Å². The third-order valence-electron chi connectivity index (χ3n) is 2.71. The zero-order chi connectivity index (χ0) is 13.5. The second-order valence-electron chi connectivity index (χ2n) is 4.54. The van der Waals surface area contributed by atoms with Crippen LogP contribution in [0, 0.1) is 0 Å². The third-order valence-corrected chi connectivity index (χ3v) is 2.71. The number of hydrogen-bond donors (Lipinski definition) is 0. The second-order valence-corrected chi connectivity index (χ2v) is 4.54. The van der Waals surface area contributed by atoms with Crippen LogP contribution in [0.2, 0.25) is 0 Å². The Morgan fingerprint density at radius 3 is 2.22 bits per heavy atom. The molecular weight excluding hydrogens is 242 g/mol. The summed E-state index contributed by atoms with van der Waals surface area (Å²) < 4.78 is 15.4. The summed E-state index contributed by atoms with van der Waals surface area (Å²) in [5, 5.41) is 0. The Bertz CT molecular complexity index is 378. The first kappa shape index (κ1) is 13.0. The van der Waals surface area contributed by atoms with Crippen LogP contribution in [0.15, 0.2) is 0 Å². The molecule has 7 nitrogen and oxygen atoms in total. The molecule has 2 fully saturated rings. The van der Waals surface area contributed by atoms with Crippen LogP contribution in [0.25, 0.3) is 0 Å². The fourth-order valence-corrected chi connectivity index (χ4v) is 2.03. The number of likely N-dealkylation sites (tertiary alicyclic amines) is 1. The Hall–Kier alpha value is -1.47. The van der Waals surface area contributed by atoms with Gasteiger partial charge in [-0.25, -0.2) is 0 Å². The molecule has 18 heavy (non-hydrogen) atoms. The fourth-order valence-electron chi connectivity index (χ4n) is 2.03. The Labute approximate surface area is 104 Å². The molecule has 0 aromatic carbocycles. The van der Waals surface area contributed by atoms with E-state index in [-0.39, 0.29) is 6.61 Å². The maximum absolute atomic E-state index is 11.9. The lowest BCUT2D eigenvalue weighted by Crippen LogP contribution is -2.40. The number of fused-ring (bicyclic) bond motifs is 1. The molecule has 0 aromatic heterocycles. The van der Waals surface area contributed by atoms with E-state index < -0.39 is 42.3 Å². The molecular formula is C11H15NO6. The van der Waals surface area contributed by atoms with Crippen molar-refractivity contribution in [3.05, 3.63) is 0 Å². The molecule has 2 aliphatic heterocycles. The van der Waals surface area contributed by atoms with Crippen LogP contribution in [-0.2, 0) is 28.6 Å². The topological polar surface area (TPSA) is 82.1 Å². The molecule has 2 saturated heterocycles. The molecule has 2 aliphatic rings. The molecule has 2 rings (SSSR count). The Kier molecular flexibility index (Phi) is 3.12. The Morgan fingerprint density at radius 2 is 1.78 bits per heavy atom. The van der Waals surface area contributed by atoms with Gasteiger partial charge in [0.15, 0.2) is 18.0 Å². The second kappa shape index (κ2) is 4.33. The molecule has 0 aromatic rings. The van der Waals surface area contributed by atoms with Gasteiger partial charge in [-0.3, -0.25) is 19.3 Å². The average molecular weight is 257 g/mol. The highest BCUT2D eigenvalue weighted by atomic mass is 16.8. The van der Waals surface area contributed by atoms with Gasteiger partial charge < -0.3 is 14.2 Å². The van der Waals surface area contributed by atoms with Gasteiger partial charge in [0.05, 0.1) is 6.61 Å². The van der Waals surface area contributed by atoms with Gasteiger partial charge in [0.25, 0.3) is 11.8 Å². The SMILES string of the molecule is CCOC(=O)CN1C(=O)[C@H]2OC(C)(C)O[C@H]2C1=O. The van der Waals surface area contributed by atoms with Crippen LogP contribution in [0.4, 0.5) is 0 Å². The number of carbonyl (C=O) groups is 3. The van der Waals surface area contributed by atoms with Crippen LogP contribution >= 0.6 is 0 Å². The van der Waals surface area contributed by atoms with Gasteiger partial charge in [0.2, 0.25) is 0 Å². The fraction of sp³-hybridized carbons (Fsp3) is 0.727. The number of amides is 2. The van der Waals surface area contributed by atoms with E-state index in [9.17, 15) is 14.4 Å². The summed E-state index contributed by atoms with van der Waals surface area (Å²) in [6.07, 6.45) is -1.91. The van der Waals surface area contributed by atoms with Gasteiger partial charge in [0.1, 0.15) is 6.54 Å². The Balaban J connectivity index is 2.08. The molecule has 0 spiro atoms. The highest BCUT2D eigenvalue weighted by Crippen LogP contribution is 2.34. The standard InChI is InChI=1S/C11H15NO6/c1-4-16-6(13)5-12-9(14)7-8(10(12)15)18-11(2,3)17-7/h7-8H,4-5H2,1-3H3/t7-,8+. The van der Waals surface area contributed by atoms with E-state index in [1.165, 1.54) is 0 Å². The highest BCUT2D eigenvalue weighted by molar-refractivity contribution is 6.10. The van der Waals surface area contributed by atoms with Crippen molar-refractivity contribution >= 4 is 17.8 Å². The van der Waals surface area contributed by atoms with Gasteiger partial charge in [-0.1, -0.05) is 0 Å². The zero-order valence-electron chi connectivity index (χ0n) is 10.5. The summed E-state index contributed by atoms with van der Waals surface area (Å²) in [6.45, 7) is 4.70. The minimum atomic E-state index is -0.962. The predicted molar refractivity (Wildman–Crippen MR) is 57.2 cm³/mol. The lowest BCUT2D eigenvalue weighted by Gasteiger charge is -2.21. The minimum absolute atomic E-state index is 0.196. The molecule has 2 heterocycles. The van der Waals surface area contributed by atoms with E-state index in [2.05, 4.69) is 0 Å². The normalized spacial score (nSPS) is 29.6. The van der Waals surface area contributed by atoms with Crippen LogP contribution < -0.4 is 0 Å². The summed E-state index contributed by atoms with van der Waals surface area (Å²) in [7, 11) is 0. The first-order valence-corrected chi connectivity index (χ1v) is 5.72. The Morgan fingerprint density at radius 1 is 1.28 bits per heavy atom. The van der Waals surface area contributed by atoms with Crippen LogP contribution in [0.3, 0.4) is 0 Å². The van der Waals surface area contributed by atoms with Gasteiger partial charge >= 0.3 is 5.97 Å². The summed E-state index contributed by atoms with van der Waals surface area (Å²) in [5.74, 6) is -2.69. The van der Waals surface area contributed by atoms with Gasteiger partial charge in [-0.2, -0.15) is 0 Å². The molecule has 0 aliphatic carbocycles. The van der Waals surface area contributed by atoms with E-state index >= 15 is 0 Å². The summed E-state index contributed by atoms with van der Waals surface area (Å²) in [5.41, 5.74) is 0. The predicted octanol–water partition coefficient (Wildman–Crippen LogP) is -0.562. The summed E-state index contributed by atoms with van der Waals surface area (Å²) in [6, 6.07) is 0. The molecule has 0 N–H and O–H groups in total. The van der Waals surface area contributed by atoms with E-state index in [1.807, 2.05) is 0 Å². The van der Waals surface area contributed by atoms with Crippen LogP contribution in [0.5, 0.6) is 0 Å². The lowest BCUT2D eigenvalue weighted by molar-refractivity contribution is -0.177. The van der Waals surface area contributed by atoms with Crippen LogP contribution in [-0.4, -0.2) is 53.8 Å². The highest BCUT2D eigenvalue weighted by Gasteiger charge is 2.58. The molecule has 0 saturated carbocycles. The minimum Gasteiger partial charge on any atom is -0.465 e. The van der Waals surface area contributed by atoms with Gasteiger partial charge in [0, 0.05) is 0 Å². The van der Waals surface area contributed by atoms with Gasteiger partial charge in [-0.15, -0.1) is 0 Å². The number of hydrogen-bond acceptors (Lipinski definition) is 6. The van der Waals surface area contributed by atoms with Gasteiger partial charge in [-0.05, 0) is 20.8 Å². The van der Waals surface area contributed by atoms with Crippen molar-refractivity contribution < 1.29 is 28.6 Å². The van der Waals surface area contributed by atoms with Crippen molar-refractivity contribution in [3.8, 4) is 0 Å². The number of imide groups is 1. The maximum Gasteiger partial charge on any atom is 0.326 e. The molecule has 7 heteroatoms. The zero-order valence-corrected chi connectivity index (χ0v) is 10.5. The molecule has 0 radical (unpaired) electrons. The summed E-state index contributed by atoms with van der Waals surface area (Å²) >= 11 is 0. The number of carbonyl (C=O) groups excluding carboxylic acids is 3. The quantitative estimate of drug-likeness (QED) is 0.498. The number of nitrogens with zero attached hydrogens (tertiary/aromatic N) is 1. The number of ether oxygens (including phenoxy) is 3. The molecule has 100 valence electrons. The monoisotopic (exact) mass is 257 g/mol. The molecule has 0 unspecified atom stereocenters. The van der Waals surface area contributed by atoms with Crippen molar-refractivity contribution in [3.63, 3.8) is 0 Å². The van der Waals surface area contributed by atoms with Crippen molar-refractivity contribution in [2.45, 2.75) is 38.8 Å². The van der Waals surface area contributed by atoms with E-state index in [4.69, 9.17) is 14.2 Å². The third kappa shape index (κ3) is 2.11.